The molecule has 0 fully saturated rings. The van der Waals surface area contributed by atoms with Crippen molar-refractivity contribution in [2.24, 2.45) is 0 Å². The Morgan fingerprint density at radius 1 is 1.56 bits per heavy atom. The molecule has 0 radical (unpaired) electrons. The molecule has 4 nitrogen and oxygen atoms in total. The Kier molecular flexibility index (Phi) is 5.14. The highest BCUT2D eigenvalue weighted by Gasteiger charge is 2.05. The molecule has 0 bridgehead atoms. The number of aliphatic hydroxyl groups excluding tert-OH is 1. The van der Waals surface area contributed by atoms with Crippen molar-refractivity contribution in [3.8, 4) is 0 Å². The predicted molar refractivity (Wildman–Crippen MR) is 66.9 cm³/mol. The standard InChI is InChI=1S/C11H16N2O2S/c1-8(7-14)12-11(15)13-9-4-3-5-10(6-9)16-2/h3-6,8,14H,7H2,1-2H3,(H2,12,13,15)/t8-/m1/s1. The third-order valence-corrected chi connectivity index (χ3v) is 2.70. The predicted octanol–water partition coefficient (Wildman–Crippen LogP) is 1.91. The van der Waals surface area contributed by atoms with Crippen LogP contribution in [0.25, 0.3) is 0 Å². The van der Waals surface area contributed by atoms with E-state index in [0.717, 1.165) is 10.6 Å². The molecular formula is C11H16N2O2S. The summed E-state index contributed by atoms with van der Waals surface area (Å²) in [4.78, 5) is 12.5. The summed E-state index contributed by atoms with van der Waals surface area (Å²) in [6.45, 7) is 1.66. The lowest BCUT2D eigenvalue weighted by Gasteiger charge is -2.12. The highest BCUT2D eigenvalue weighted by Crippen LogP contribution is 2.18. The SMILES string of the molecule is CSc1cccc(NC(=O)N[C@H](C)CO)c1. The zero-order valence-electron chi connectivity index (χ0n) is 9.36. The number of urea groups is 1. The van der Waals surface area contributed by atoms with Crippen LogP contribution in [0.2, 0.25) is 0 Å². The Bertz CT molecular complexity index is 358. The van der Waals surface area contributed by atoms with Gasteiger partial charge in [-0.25, -0.2) is 4.79 Å². The molecule has 16 heavy (non-hydrogen) atoms. The van der Waals surface area contributed by atoms with Crippen molar-refractivity contribution in [1.82, 2.24) is 5.32 Å². The molecule has 0 saturated heterocycles. The maximum absolute atomic E-state index is 11.4. The van der Waals surface area contributed by atoms with Crippen molar-refractivity contribution < 1.29 is 9.90 Å². The minimum atomic E-state index is -0.306. The number of anilines is 1. The maximum Gasteiger partial charge on any atom is 0.319 e. The summed E-state index contributed by atoms with van der Waals surface area (Å²) in [6.07, 6.45) is 1.98. The number of amides is 2. The van der Waals surface area contributed by atoms with Gasteiger partial charge in [-0.3, -0.25) is 0 Å². The molecule has 0 aromatic heterocycles. The van der Waals surface area contributed by atoms with E-state index in [9.17, 15) is 4.79 Å². The number of aliphatic hydroxyl groups is 1. The van der Waals surface area contributed by atoms with Crippen LogP contribution in [-0.4, -0.2) is 30.0 Å². The van der Waals surface area contributed by atoms with Gasteiger partial charge in [0, 0.05) is 10.6 Å². The molecule has 3 N–H and O–H groups in total. The van der Waals surface area contributed by atoms with Gasteiger partial charge in [0.15, 0.2) is 0 Å². The monoisotopic (exact) mass is 240 g/mol. The second-order valence-corrected chi connectivity index (χ2v) is 4.29. The van der Waals surface area contributed by atoms with Crippen LogP contribution in [0.4, 0.5) is 10.5 Å². The number of carbonyl (C=O) groups excluding carboxylic acids is 1. The van der Waals surface area contributed by atoms with Crippen LogP contribution < -0.4 is 10.6 Å². The van der Waals surface area contributed by atoms with E-state index in [4.69, 9.17) is 5.11 Å². The van der Waals surface area contributed by atoms with Crippen LogP contribution in [0.15, 0.2) is 29.2 Å². The highest BCUT2D eigenvalue weighted by atomic mass is 32.2. The minimum absolute atomic E-state index is 0.0712. The Morgan fingerprint density at radius 3 is 2.94 bits per heavy atom. The molecule has 1 rings (SSSR count). The zero-order valence-corrected chi connectivity index (χ0v) is 10.2. The highest BCUT2D eigenvalue weighted by molar-refractivity contribution is 7.98. The normalized spacial score (nSPS) is 11.9. The second kappa shape index (κ2) is 6.40. The van der Waals surface area contributed by atoms with E-state index >= 15 is 0 Å². The van der Waals surface area contributed by atoms with E-state index in [1.165, 1.54) is 0 Å². The van der Waals surface area contributed by atoms with Gasteiger partial charge in [-0.2, -0.15) is 0 Å². The lowest BCUT2D eigenvalue weighted by atomic mass is 10.3. The van der Waals surface area contributed by atoms with Crippen molar-refractivity contribution in [1.29, 1.82) is 0 Å². The Morgan fingerprint density at radius 2 is 2.31 bits per heavy atom. The molecule has 0 aliphatic rings. The van der Waals surface area contributed by atoms with E-state index in [-0.39, 0.29) is 18.7 Å². The topological polar surface area (TPSA) is 61.4 Å². The van der Waals surface area contributed by atoms with Crippen molar-refractivity contribution >= 4 is 23.5 Å². The first-order valence-electron chi connectivity index (χ1n) is 4.98. The van der Waals surface area contributed by atoms with Crippen LogP contribution in [0.3, 0.4) is 0 Å². The van der Waals surface area contributed by atoms with E-state index in [0.29, 0.717) is 0 Å². The van der Waals surface area contributed by atoms with Gasteiger partial charge in [-0.1, -0.05) is 6.07 Å². The Labute approximate surface area is 99.4 Å². The molecule has 2 amide bonds. The largest absolute Gasteiger partial charge is 0.394 e. The summed E-state index contributed by atoms with van der Waals surface area (Å²) >= 11 is 1.62. The number of rotatable bonds is 4. The summed E-state index contributed by atoms with van der Waals surface area (Å²) in [5, 5.41) is 14.1. The van der Waals surface area contributed by atoms with Gasteiger partial charge in [0.1, 0.15) is 0 Å². The maximum atomic E-state index is 11.4. The van der Waals surface area contributed by atoms with Gasteiger partial charge in [-0.15, -0.1) is 11.8 Å². The van der Waals surface area contributed by atoms with Crippen molar-refractivity contribution in [2.75, 3.05) is 18.2 Å². The number of benzene rings is 1. The van der Waals surface area contributed by atoms with E-state index in [1.54, 1.807) is 18.7 Å². The van der Waals surface area contributed by atoms with Gasteiger partial charge in [0.25, 0.3) is 0 Å². The van der Waals surface area contributed by atoms with Gasteiger partial charge in [-0.05, 0) is 31.4 Å². The number of nitrogens with one attached hydrogen (secondary N) is 2. The van der Waals surface area contributed by atoms with Crippen molar-refractivity contribution in [2.45, 2.75) is 17.9 Å². The summed E-state index contributed by atoms with van der Waals surface area (Å²) in [5.41, 5.74) is 0.745. The molecule has 0 aliphatic carbocycles. The van der Waals surface area contributed by atoms with Crippen LogP contribution >= 0.6 is 11.8 Å². The average molecular weight is 240 g/mol. The summed E-state index contributed by atoms with van der Waals surface area (Å²) in [5.74, 6) is 0. The fourth-order valence-electron chi connectivity index (χ4n) is 1.14. The van der Waals surface area contributed by atoms with Gasteiger partial charge < -0.3 is 15.7 Å². The van der Waals surface area contributed by atoms with E-state index in [2.05, 4.69) is 10.6 Å². The Hall–Kier alpha value is -1.20. The van der Waals surface area contributed by atoms with Gasteiger partial charge in [0.05, 0.1) is 12.6 Å². The van der Waals surface area contributed by atoms with Gasteiger partial charge in [0.2, 0.25) is 0 Å². The fourth-order valence-corrected chi connectivity index (χ4v) is 1.60. The third kappa shape index (κ3) is 4.12. The van der Waals surface area contributed by atoms with E-state index in [1.807, 2.05) is 30.5 Å². The molecule has 88 valence electrons. The lowest BCUT2D eigenvalue weighted by Crippen LogP contribution is -2.38. The molecular weight excluding hydrogens is 224 g/mol. The first kappa shape index (κ1) is 12.9. The number of hydrogen-bond donors (Lipinski definition) is 3. The van der Waals surface area contributed by atoms with Crippen molar-refractivity contribution in [3.63, 3.8) is 0 Å². The molecule has 1 atom stereocenters. The number of thioether (sulfide) groups is 1. The molecule has 0 spiro atoms. The third-order valence-electron chi connectivity index (χ3n) is 1.98. The summed E-state index contributed by atoms with van der Waals surface area (Å²) < 4.78 is 0. The van der Waals surface area contributed by atoms with Crippen molar-refractivity contribution in [3.05, 3.63) is 24.3 Å². The molecule has 1 aromatic rings. The number of carbonyl (C=O) groups is 1. The number of hydrogen-bond acceptors (Lipinski definition) is 3. The average Bonchev–Trinajstić information content (AvgIpc) is 2.28. The smallest absolute Gasteiger partial charge is 0.319 e. The summed E-state index contributed by atoms with van der Waals surface area (Å²) in [7, 11) is 0. The molecule has 0 heterocycles. The molecule has 1 aromatic carbocycles. The molecule has 0 saturated carbocycles. The first-order valence-corrected chi connectivity index (χ1v) is 6.20. The molecule has 5 heteroatoms. The Balaban J connectivity index is 2.55. The summed E-state index contributed by atoms with van der Waals surface area (Å²) in [6, 6.07) is 7.03. The lowest BCUT2D eigenvalue weighted by molar-refractivity contribution is 0.229. The molecule has 0 aliphatic heterocycles. The minimum Gasteiger partial charge on any atom is -0.394 e. The van der Waals surface area contributed by atoms with E-state index < -0.39 is 0 Å². The fraction of sp³-hybridized carbons (Fsp3) is 0.364. The van der Waals surface area contributed by atoms with Crippen LogP contribution in [-0.2, 0) is 0 Å². The zero-order chi connectivity index (χ0) is 12.0. The van der Waals surface area contributed by atoms with Crippen LogP contribution in [0.5, 0.6) is 0 Å². The van der Waals surface area contributed by atoms with Crippen LogP contribution in [0.1, 0.15) is 6.92 Å². The van der Waals surface area contributed by atoms with Gasteiger partial charge >= 0.3 is 6.03 Å². The first-order chi connectivity index (χ1) is 7.65. The van der Waals surface area contributed by atoms with Crippen LogP contribution in [0, 0.1) is 0 Å². The second-order valence-electron chi connectivity index (χ2n) is 3.41. The quantitative estimate of drug-likeness (QED) is 0.704. The molecule has 0 unspecified atom stereocenters.